The molecule has 1 amide bonds. The van der Waals surface area contributed by atoms with Crippen LogP contribution in [0.25, 0.3) is 0 Å². The molecule has 0 saturated carbocycles. The maximum atomic E-state index is 10.7. The topological polar surface area (TPSA) is 86.9 Å². The van der Waals surface area contributed by atoms with Crippen molar-refractivity contribution in [3.8, 4) is 0 Å². The minimum Gasteiger partial charge on any atom is -0.382 e. The largest absolute Gasteiger partial charge is 0.382 e. The quantitative estimate of drug-likeness (QED) is 0.606. The second kappa shape index (κ2) is 2.61. The van der Waals surface area contributed by atoms with Gasteiger partial charge in [0, 0.05) is 12.6 Å². The van der Waals surface area contributed by atoms with Gasteiger partial charge in [0.15, 0.2) is 0 Å². The molecule has 0 aromatic carbocycles. The highest BCUT2D eigenvalue weighted by molar-refractivity contribution is 5.91. The van der Waals surface area contributed by atoms with E-state index in [9.17, 15) is 4.79 Å². The minimum absolute atomic E-state index is 0.320. The molecule has 0 spiro atoms. The SMILES string of the molecule is CCn1nc(N)cc1C(N)=O. The van der Waals surface area contributed by atoms with Crippen LogP contribution in [-0.2, 0) is 6.54 Å². The molecular weight excluding hydrogens is 144 g/mol. The number of nitrogens with two attached hydrogens (primary N) is 2. The third kappa shape index (κ3) is 1.31. The summed E-state index contributed by atoms with van der Waals surface area (Å²) < 4.78 is 1.47. The van der Waals surface area contributed by atoms with Gasteiger partial charge in [-0.15, -0.1) is 0 Å². The van der Waals surface area contributed by atoms with Gasteiger partial charge in [-0.1, -0.05) is 0 Å². The van der Waals surface area contributed by atoms with Gasteiger partial charge in [-0.3, -0.25) is 9.48 Å². The van der Waals surface area contributed by atoms with Crippen LogP contribution in [0, 0.1) is 0 Å². The van der Waals surface area contributed by atoms with E-state index in [0.717, 1.165) is 0 Å². The minimum atomic E-state index is -0.504. The number of amides is 1. The lowest BCUT2D eigenvalue weighted by atomic mass is 10.4. The van der Waals surface area contributed by atoms with Crippen LogP contribution in [0.5, 0.6) is 0 Å². The molecule has 0 fully saturated rings. The van der Waals surface area contributed by atoms with Crippen LogP contribution in [0.15, 0.2) is 6.07 Å². The highest BCUT2D eigenvalue weighted by Crippen LogP contribution is 2.04. The molecule has 1 heterocycles. The standard InChI is InChI=1S/C6H10N4O/c1-2-10-4(6(8)11)3-5(7)9-10/h3H,2H2,1H3,(H2,7,9)(H2,8,11). The van der Waals surface area contributed by atoms with Gasteiger partial charge in [0.2, 0.25) is 0 Å². The smallest absolute Gasteiger partial charge is 0.267 e. The molecular formula is C6H10N4O. The van der Waals surface area contributed by atoms with E-state index in [1.54, 1.807) is 0 Å². The van der Waals surface area contributed by atoms with E-state index in [1.165, 1.54) is 10.7 Å². The van der Waals surface area contributed by atoms with E-state index in [2.05, 4.69) is 5.10 Å². The molecule has 4 N–H and O–H groups in total. The summed E-state index contributed by atoms with van der Waals surface area (Å²) in [5, 5.41) is 3.84. The Bertz CT molecular complexity index is 278. The number of carbonyl (C=O) groups is 1. The average molecular weight is 154 g/mol. The van der Waals surface area contributed by atoms with E-state index in [1.807, 2.05) is 6.92 Å². The van der Waals surface area contributed by atoms with Crippen LogP contribution < -0.4 is 11.5 Å². The Hall–Kier alpha value is -1.52. The molecule has 0 aliphatic carbocycles. The van der Waals surface area contributed by atoms with Crippen LogP contribution in [0.2, 0.25) is 0 Å². The van der Waals surface area contributed by atoms with E-state index in [4.69, 9.17) is 11.5 Å². The summed E-state index contributed by atoms with van der Waals surface area (Å²) in [7, 11) is 0. The van der Waals surface area contributed by atoms with Crippen LogP contribution >= 0.6 is 0 Å². The number of nitrogens with zero attached hydrogens (tertiary/aromatic N) is 2. The number of aromatic nitrogens is 2. The van der Waals surface area contributed by atoms with Crippen molar-refractivity contribution in [2.45, 2.75) is 13.5 Å². The lowest BCUT2D eigenvalue weighted by Gasteiger charge is -1.97. The van der Waals surface area contributed by atoms with E-state index in [-0.39, 0.29) is 0 Å². The van der Waals surface area contributed by atoms with Crippen LogP contribution in [-0.4, -0.2) is 15.7 Å². The summed E-state index contributed by atoms with van der Waals surface area (Å²) in [6.45, 7) is 2.45. The summed E-state index contributed by atoms with van der Waals surface area (Å²) in [5.41, 5.74) is 10.8. The predicted octanol–water partition coefficient (Wildman–Crippen LogP) is -0.416. The van der Waals surface area contributed by atoms with Crippen LogP contribution in [0.3, 0.4) is 0 Å². The Morgan fingerprint density at radius 2 is 2.45 bits per heavy atom. The Morgan fingerprint density at radius 1 is 1.82 bits per heavy atom. The van der Waals surface area contributed by atoms with Gasteiger partial charge >= 0.3 is 0 Å². The zero-order chi connectivity index (χ0) is 8.43. The zero-order valence-corrected chi connectivity index (χ0v) is 6.24. The van der Waals surface area contributed by atoms with Crippen molar-refractivity contribution >= 4 is 11.7 Å². The molecule has 0 aliphatic heterocycles. The number of hydrogen-bond donors (Lipinski definition) is 2. The number of nitrogen functional groups attached to an aromatic ring is 1. The molecule has 5 nitrogen and oxygen atoms in total. The van der Waals surface area contributed by atoms with Gasteiger partial charge in [-0.2, -0.15) is 5.10 Å². The molecule has 0 saturated heterocycles. The maximum absolute atomic E-state index is 10.7. The first-order chi connectivity index (χ1) is 5.15. The van der Waals surface area contributed by atoms with Crippen LogP contribution in [0.1, 0.15) is 17.4 Å². The fourth-order valence-electron chi connectivity index (χ4n) is 0.876. The molecule has 0 aliphatic rings. The van der Waals surface area contributed by atoms with Crippen molar-refractivity contribution in [2.24, 2.45) is 5.73 Å². The number of hydrogen-bond acceptors (Lipinski definition) is 3. The monoisotopic (exact) mass is 154 g/mol. The molecule has 0 unspecified atom stereocenters. The summed E-state index contributed by atoms with van der Waals surface area (Å²) in [4.78, 5) is 10.7. The first-order valence-corrected chi connectivity index (χ1v) is 3.28. The molecule has 5 heteroatoms. The number of anilines is 1. The molecule has 1 aromatic rings. The average Bonchev–Trinajstić information content (AvgIpc) is 2.30. The number of aryl methyl sites for hydroxylation is 1. The maximum Gasteiger partial charge on any atom is 0.267 e. The molecule has 1 aromatic heterocycles. The summed E-state index contributed by atoms with van der Waals surface area (Å²) in [6, 6.07) is 1.46. The van der Waals surface area contributed by atoms with Gasteiger partial charge in [-0.05, 0) is 6.92 Å². The number of carbonyl (C=O) groups excluding carboxylic acids is 1. The summed E-state index contributed by atoms with van der Waals surface area (Å²) in [6.07, 6.45) is 0. The third-order valence-electron chi connectivity index (χ3n) is 1.35. The summed E-state index contributed by atoms with van der Waals surface area (Å²) >= 11 is 0. The lowest BCUT2D eigenvalue weighted by Crippen LogP contribution is -2.16. The Balaban J connectivity index is 3.12. The molecule has 60 valence electrons. The van der Waals surface area contributed by atoms with Crippen molar-refractivity contribution in [1.29, 1.82) is 0 Å². The van der Waals surface area contributed by atoms with E-state index < -0.39 is 5.91 Å². The van der Waals surface area contributed by atoms with Gasteiger partial charge in [0.05, 0.1) is 0 Å². The van der Waals surface area contributed by atoms with Gasteiger partial charge in [0.25, 0.3) is 5.91 Å². The van der Waals surface area contributed by atoms with Gasteiger partial charge in [-0.25, -0.2) is 0 Å². The second-order valence-corrected chi connectivity index (χ2v) is 2.13. The van der Waals surface area contributed by atoms with Crippen molar-refractivity contribution in [2.75, 3.05) is 5.73 Å². The highest BCUT2D eigenvalue weighted by Gasteiger charge is 2.08. The van der Waals surface area contributed by atoms with Crippen LogP contribution in [0.4, 0.5) is 5.82 Å². The Morgan fingerprint density at radius 3 is 2.82 bits per heavy atom. The van der Waals surface area contributed by atoms with Gasteiger partial charge < -0.3 is 11.5 Å². The first-order valence-electron chi connectivity index (χ1n) is 3.28. The van der Waals surface area contributed by atoms with E-state index >= 15 is 0 Å². The third-order valence-corrected chi connectivity index (χ3v) is 1.35. The fourth-order valence-corrected chi connectivity index (χ4v) is 0.876. The van der Waals surface area contributed by atoms with Crippen molar-refractivity contribution in [1.82, 2.24) is 9.78 Å². The normalized spacial score (nSPS) is 9.91. The highest BCUT2D eigenvalue weighted by atomic mass is 16.1. The molecule has 1 rings (SSSR count). The summed E-state index contributed by atoms with van der Waals surface area (Å²) in [5.74, 6) is -0.184. The fraction of sp³-hybridized carbons (Fsp3) is 0.333. The van der Waals surface area contributed by atoms with Crippen molar-refractivity contribution in [3.63, 3.8) is 0 Å². The second-order valence-electron chi connectivity index (χ2n) is 2.13. The van der Waals surface area contributed by atoms with Gasteiger partial charge in [0.1, 0.15) is 11.5 Å². The Kier molecular flexibility index (Phi) is 1.80. The Labute approximate surface area is 64.0 Å². The number of primary amides is 1. The first kappa shape index (κ1) is 7.59. The predicted molar refractivity (Wildman–Crippen MR) is 40.8 cm³/mol. The van der Waals surface area contributed by atoms with Crippen molar-refractivity contribution < 1.29 is 4.79 Å². The number of rotatable bonds is 2. The van der Waals surface area contributed by atoms with E-state index in [0.29, 0.717) is 18.1 Å². The molecule has 0 radical (unpaired) electrons. The zero-order valence-electron chi connectivity index (χ0n) is 6.24. The molecule has 11 heavy (non-hydrogen) atoms. The molecule has 0 bridgehead atoms. The molecule has 0 atom stereocenters. The van der Waals surface area contributed by atoms with Crippen molar-refractivity contribution in [3.05, 3.63) is 11.8 Å². The lowest BCUT2D eigenvalue weighted by molar-refractivity contribution is 0.0990.